The molecule has 2 aliphatic heterocycles. The standard InChI is InChI=1S/C18H25N3O4/c1-13-5-3-6-14(2)21(13)18(24)17(23)20-10-8-19(9-11-20)16(22)15-7-4-12-25-15/h4,7,12-14H,3,5-6,8-11H2,1-2H3. The van der Waals surface area contributed by atoms with Crippen LogP contribution in [0.2, 0.25) is 0 Å². The third kappa shape index (κ3) is 3.55. The summed E-state index contributed by atoms with van der Waals surface area (Å²) in [6, 6.07) is 3.50. The molecule has 3 heterocycles. The average Bonchev–Trinajstić information content (AvgIpc) is 3.15. The Kier molecular flexibility index (Phi) is 5.11. The average molecular weight is 347 g/mol. The number of piperidine rings is 1. The van der Waals surface area contributed by atoms with Crippen LogP contribution in [-0.2, 0) is 9.59 Å². The Labute approximate surface area is 147 Å². The number of piperazine rings is 1. The Morgan fingerprint density at radius 2 is 1.56 bits per heavy atom. The fraction of sp³-hybridized carbons (Fsp3) is 0.611. The molecule has 0 spiro atoms. The quantitative estimate of drug-likeness (QED) is 0.719. The fourth-order valence-electron chi connectivity index (χ4n) is 3.74. The Bertz CT molecular complexity index is 625. The van der Waals surface area contributed by atoms with E-state index >= 15 is 0 Å². The first-order valence-electron chi connectivity index (χ1n) is 8.93. The molecule has 7 heteroatoms. The highest BCUT2D eigenvalue weighted by Gasteiger charge is 2.36. The van der Waals surface area contributed by atoms with Crippen molar-refractivity contribution in [3.05, 3.63) is 24.2 Å². The molecule has 7 nitrogen and oxygen atoms in total. The molecule has 3 amide bonds. The molecule has 2 fully saturated rings. The minimum Gasteiger partial charge on any atom is -0.459 e. The second kappa shape index (κ2) is 7.29. The normalized spacial score (nSPS) is 24.3. The zero-order valence-corrected chi connectivity index (χ0v) is 14.8. The van der Waals surface area contributed by atoms with E-state index < -0.39 is 11.8 Å². The highest BCUT2D eigenvalue weighted by molar-refractivity contribution is 6.35. The minimum absolute atomic E-state index is 0.0991. The van der Waals surface area contributed by atoms with Crippen molar-refractivity contribution in [2.24, 2.45) is 0 Å². The Morgan fingerprint density at radius 1 is 0.960 bits per heavy atom. The van der Waals surface area contributed by atoms with E-state index in [1.54, 1.807) is 26.8 Å². The second-order valence-electron chi connectivity index (χ2n) is 6.90. The summed E-state index contributed by atoms with van der Waals surface area (Å²) >= 11 is 0. The van der Waals surface area contributed by atoms with Crippen molar-refractivity contribution in [2.45, 2.75) is 45.2 Å². The molecule has 0 bridgehead atoms. The van der Waals surface area contributed by atoms with Crippen LogP contribution in [0.3, 0.4) is 0 Å². The van der Waals surface area contributed by atoms with E-state index in [4.69, 9.17) is 4.42 Å². The molecule has 0 aromatic carbocycles. The molecule has 136 valence electrons. The van der Waals surface area contributed by atoms with Crippen molar-refractivity contribution in [3.8, 4) is 0 Å². The summed E-state index contributed by atoms with van der Waals surface area (Å²) < 4.78 is 5.13. The highest BCUT2D eigenvalue weighted by Crippen LogP contribution is 2.23. The van der Waals surface area contributed by atoms with Gasteiger partial charge in [0.25, 0.3) is 5.91 Å². The number of nitrogens with zero attached hydrogens (tertiary/aromatic N) is 3. The summed E-state index contributed by atoms with van der Waals surface area (Å²) in [5.41, 5.74) is 0. The first-order valence-corrected chi connectivity index (χ1v) is 8.93. The SMILES string of the molecule is CC1CCCC(C)N1C(=O)C(=O)N1CCN(C(=O)c2ccco2)CC1. The zero-order chi connectivity index (χ0) is 18.0. The van der Waals surface area contributed by atoms with E-state index in [9.17, 15) is 14.4 Å². The lowest BCUT2D eigenvalue weighted by molar-refractivity contribution is -0.156. The van der Waals surface area contributed by atoms with Crippen molar-refractivity contribution < 1.29 is 18.8 Å². The van der Waals surface area contributed by atoms with E-state index in [2.05, 4.69) is 0 Å². The molecule has 0 N–H and O–H groups in total. The van der Waals surface area contributed by atoms with Crippen LogP contribution in [0.4, 0.5) is 0 Å². The van der Waals surface area contributed by atoms with Gasteiger partial charge in [-0.3, -0.25) is 14.4 Å². The molecule has 1 aromatic heterocycles. The van der Waals surface area contributed by atoms with Crippen molar-refractivity contribution in [3.63, 3.8) is 0 Å². The van der Waals surface area contributed by atoms with Gasteiger partial charge in [-0.2, -0.15) is 0 Å². The summed E-state index contributed by atoms with van der Waals surface area (Å²) in [5.74, 6) is -0.746. The molecule has 0 radical (unpaired) electrons. The van der Waals surface area contributed by atoms with Gasteiger partial charge >= 0.3 is 11.8 Å². The molecule has 0 saturated carbocycles. The van der Waals surface area contributed by atoms with E-state index in [1.165, 1.54) is 6.26 Å². The maximum atomic E-state index is 12.7. The van der Waals surface area contributed by atoms with Crippen LogP contribution >= 0.6 is 0 Å². The van der Waals surface area contributed by atoms with Gasteiger partial charge in [0.1, 0.15) is 0 Å². The van der Waals surface area contributed by atoms with Crippen LogP contribution in [0, 0.1) is 0 Å². The lowest BCUT2D eigenvalue weighted by atomic mass is 9.97. The van der Waals surface area contributed by atoms with Crippen LogP contribution in [0.1, 0.15) is 43.7 Å². The number of rotatable bonds is 1. The van der Waals surface area contributed by atoms with Gasteiger partial charge in [-0.05, 0) is 45.2 Å². The molecular weight excluding hydrogens is 322 g/mol. The van der Waals surface area contributed by atoms with Crippen LogP contribution in [0.15, 0.2) is 22.8 Å². The van der Waals surface area contributed by atoms with Crippen LogP contribution < -0.4 is 0 Å². The predicted molar refractivity (Wildman–Crippen MR) is 90.8 cm³/mol. The van der Waals surface area contributed by atoms with Gasteiger partial charge in [0.05, 0.1) is 6.26 Å². The smallest absolute Gasteiger partial charge is 0.312 e. The van der Waals surface area contributed by atoms with Crippen LogP contribution in [0.25, 0.3) is 0 Å². The van der Waals surface area contributed by atoms with E-state index in [1.807, 2.05) is 13.8 Å². The summed E-state index contributed by atoms with van der Waals surface area (Å²) in [5, 5.41) is 0. The number of carbonyl (C=O) groups excluding carboxylic acids is 3. The van der Waals surface area contributed by atoms with Gasteiger partial charge in [-0.25, -0.2) is 0 Å². The largest absolute Gasteiger partial charge is 0.459 e. The molecule has 25 heavy (non-hydrogen) atoms. The Hall–Kier alpha value is -2.31. The first-order chi connectivity index (χ1) is 12.0. The molecule has 2 aliphatic rings. The van der Waals surface area contributed by atoms with Gasteiger partial charge in [0.2, 0.25) is 0 Å². The van der Waals surface area contributed by atoms with Crippen molar-refractivity contribution in [2.75, 3.05) is 26.2 Å². The number of likely N-dealkylation sites (tertiary alicyclic amines) is 1. The zero-order valence-electron chi connectivity index (χ0n) is 14.8. The number of hydrogen-bond donors (Lipinski definition) is 0. The van der Waals surface area contributed by atoms with E-state index in [0.717, 1.165) is 19.3 Å². The summed E-state index contributed by atoms with van der Waals surface area (Å²) in [4.78, 5) is 42.5. The van der Waals surface area contributed by atoms with Crippen LogP contribution in [-0.4, -0.2) is 70.7 Å². The lowest BCUT2D eigenvalue weighted by Gasteiger charge is -2.40. The van der Waals surface area contributed by atoms with Gasteiger partial charge in [-0.1, -0.05) is 0 Å². The Morgan fingerprint density at radius 3 is 2.12 bits per heavy atom. The van der Waals surface area contributed by atoms with Gasteiger partial charge in [0.15, 0.2) is 5.76 Å². The van der Waals surface area contributed by atoms with Gasteiger partial charge < -0.3 is 19.1 Å². The summed E-state index contributed by atoms with van der Waals surface area (Å²) in [7, 11) is 0. The molecule has 2 atom stereocenters. The molecule has 1 aromatic rings. The topological polar surface area (TPSA) is 74.1 Å². The lowest BCUT2D eigenvalue weighted by Crippen LogP contribution is -2.57. The molecule has 2 unspecified atom stereocenters. The summed E-state index contributed by atoms with van der Waals surface area (Å²) in [6.45, 7) is 5.55. The maximum Gasteiger partial charge on any atom is 0.312 e. The van der Waals surface area contributed by atoms with Crippen molar-refractivity contribution >= 4 is 17.7 Å². The number of hydrogen-bond acceptors (Lipinski definition) is 4. The molecule has 0 aliphatic carbocycles. The number of carbonyl (C=O) groups is 3. The number of furan rings is 1. The fourth-order valence-corrected chi connectivity index (χ4v) is 3.74. The van der Waals surface area contributed by atoms with E-state index in [-0.39, 0.29) is 18.0 Å². The predicted octanol–water partition coefficient (Wildman–Crippen LogP) is 1.35. The highest BCUT2D eigenvalue weighted by atomic mass is 16.3. The minimum atomic E-state index is -0.453. The second-order valence-corrected chi connectivity index (χ2v) is 6.90. The number of amides is 3. The molecular formula is C18H25N3O4. The van der Waals surface area contributed by atoms with Crippen LogP contribution in [0.5, 0.6) is 0 Å². The third-order valence-corrected chi connectivity index (χ3v) is 5.20. The maximum absolute atomic E-state index is 12.7. The summed E-state index contributed by atoms with van der Waals surface area (Å²) in [6.07, 6.45) is 4.43. The monoisotopic (exact) mass is 347 g/mol. The molecule has 3 rings (SSSR count). The Balaban J connectivity index is 1.58. The molecule has 2 saturated heterocycles. The van der Waals surface area contributed by atoms with Gasteiger partial charge in [-0.15, -0.1) is 0 Å². The first kappa shape index (κ1) is 17.5. The third-order valence-electron chi connectivity index (χ3n) is 5.20. The van der Waals surface area contributed by atoms with Crippen molar-refractivity contribution in [1.82, 2.24) is 14.7 Å². The van der Waals surface area contributed by atoms with Gasteiger partial charge in [0, 0.05) is 38.3 Å². The van der Waals surface area contributed by atoms with E-state index in [0.29, 0.717) is 31.9 Å². The van der Waals surface area contributed by atoms with Crippen molar-refractivity contribution in [1.29, 1.82) is 0 Å².